The fourth-order valence-corrected chi connectivity index (χ4v) is 4.49. The second-order valence-electron chi connectivity index (χ2n) is 6.56. The number of aromatic amines is 1. The molecule has 31 heavy (non-hydrogen) atoms. The third-order valence-corrected chi connectivity index (χ3v) is 5.99. The summed E-state index contributed by atoms with van der Waals surface area (Å²) < 4.78 is 0. The molecule has 4 rings (SSSR count). The van der Waals surface area contributed by atoms with Crippen LogP contribution in [0.4, 0.5) is 5.82 Å². The zero-order valence-electron chi connectivity index (χ0n) is 16.1. The molecule has 3 heterocycles. The van der Waals surface area contributed by atoms with Gasteiger partial charge in [0, 0.05) is 23.7 Å². The first-order valence-electron chi connectivity index (χ1n) is 9.08. The van der Waals surface area contributed by atoms with Gasteiger partial charge in [0.25, 0.3) is 0 Å². The standard InChI is InChI=1S/C21H15ClN6O2S/c1-11(29)27-16-8-13(6-7-24-16)19-15(9-23)17(20(31-19)21-25-10-26-28-21)18(30)12-2-4-14(22)5-3-12/h2-8,10,18,30H,1H3,(H,24,27,29)(H,25,26,28). The van der Waals surface area contributed by atoms with Gasteiger partial charge in [0.1, 0.15) is 24.3 Å². The van der Waals surface area contributed by atoms with Crippen molar-refractivity contribution in [2.24, 2.45) is 0 Å². The van der Waals surface area contributed by atoms with Crippen LogP contribution in [0, 0.1) is 11.3 Å². The van der Waals surface area contributed by atoms with Gasteiger partial charge in [-0.2, -0.15) is 10.4 Å². The Morgan fingerprint density at radius 1 is 1.26 bits per heavy atom. The number of H-pyrrole nitrogens is 1. The van der Waals surface area contributed by atoms with Gasteiger partial charge in [0.15, 0.2) is 5.82 Å². The van der Waals surface area contributed by atoms with Gasteiger partial charge in [-0.15, -0.1) is 11.3 Å². The zero-order valence-corrected chi connectivity index (χ0v) is 17.7. The van der Waals surface area contributed by atoms with Crippen LogP contribution in [0.2, 0.25) is 5.02 Å². The highest BCUT2D eigenvalue weighted by molar-refractivity contribution is 7.19. The average molecular weight is 451 g/mol. The minimum absolute atomic E-state index is 0.252. The number of anilines is 1. The van der Waals surface area contributed by atoms with E-state index in [4.69, 9.17) is 11.6 Å². The fraction of sp³-hybridized carbons (Fsp3) is 0.0952. The molecule has 154 valence electrons. The number of amides is 1. The number of aliphatic hydroxyl groups is 1. The van der Waals surface area contributed by atoms with Gasteiger partial charge in [0.2, 0.25) is 5.91 Å². The van der Waals surface area contributed by atoms with Gasteiger partial charge < -0.3 is 10.4 Å². The number of hydrogen-bond acceptors (Lipinski definition) is 7. The summed E-state index contributed by atoms with van der Waals surface area (Å²) in [5, 5.41) is 31.1. The molecular formula is C21H15ClN6O2S. The maximum absolute atomic E-state index is 11.4. The van der Waals surface area contributed by atoms with E-state index in [-0.39, 0.29) is 5.91 Å². The van der Waals surface area contributed by atoms with E-state index in [9.17, 15) is 15.2 Å². The Hall–Kier alpha value is -3.58. The molecule has 3 aromatic heterocycles. The van der Waals surface area contributed by atoms with Crippen molar-refractivity contribution >= 4 is 34.7 Å². The quantitative estimate of drug-likeness (QED) is 0.419. The predicted octanol–water partition coefficient (Wildman–Crippen LogP) is 4.16. The molecule has 0 spiro atoms. The number of carbonyl (C=O) groups is 1. The lowest BCUT2D eigenvalue weighted by atomic mass is 9.96. The maximum Gasteiger partial charge on any atom is 0.222 e. The van der Waals surface area contributed by atoms with Crippen molar-refractivity contribution in [3.8, 4) is 27.2 Å². The maximum atomic E-state index is 11.4. The second kappa shape index (κ2) is 8.65. The third-order valence-electron chi connectivity index (χ3n) is 4.47. The number of rotatable bonds is 5. The van der Waals surface area contributed by atoms with Crippen molar-refractivity contribution in [3.63, 3.8) is 0 Å². The van der Waals surface area contributed by atoms with Gasteiger partial charge in [-0.25, -0.2) is 9.97 Å². The van der Waals surface area contributed by atoms with Crippen LogP contribution in [-0.2, 0) is 4.79 Å². The van der Waals surface area contributed by atoms with Crippen molar-refractivity contribution in [2.45, 2.75) is 13.0 Å². The summed E-state index contributed by atoms with van der Waals surface area (Å²) in [4.78, 5) is 20.9. The monoisotopic (exact) mass is 450 g/mol. The second-order valence-corrected chi connectivity index (χ2v) is 8.02. The normalized spacial score (nSPS) is 11.7. The van der Waals surface area contributed by atoms with Crippen LogP contribution < -0.4 is 5.32 Å². The van der Waals surface area contributed by atoms with Crippen LogP contribution in [0.5, 0.6) is 0 Å². The van der Waals surface area contributed by atoms with Crippen LogP contribution in [0.25, 0.3) is 21.1 Å². The highest BCUT2D eigenvalue weighted by atomic mass is 35.5. The summed E-state index contributed by atoms with van der Waals surface area (Å²) in [5.41, 5.74) is 1.98. The molecule has 1 aromatic carbocycles. The minimum atomic E-state index is -1.09. The van der Waals surface area contributed by atoms with Gasteiger partial charge in [-0.3, -0.25) is 9.89 Å². The summed E-state index contributed by atoms with van der Waals surface area (Å²) >= 11 is 7.27. The Bertz CT molecular complexity index is 1280. The SMILES string of the molecule is CC(=O)Nc1cc(-c2sc(-c3ncn[nH]3)c(C(O)c3ccc(Cl)cc3)c2C#N)ccn1. The van der Waals surface area contributed by atoms with Crippen molar-refractivity contribution < 1.29 is 9.90 Å². The van der Waals surface area contributed by atoms with Crippen LogP contribution in [0.3, 0.4) is 0 Å². The van der Waals surface area contributed by atoms with Crippen LogP contribution in [0.15, 0.2) is 48.9 Å². The molecule has 3 N–H and O–H groups in total. The Labute approximate surface area is 186 Å². The number of nitrogens with zero attached hydrogens (tertiary/aromatic N) is 4. The van der Waals surface area contributed by atoms with E-state index < -0.39 is 6.10 Å². The summed E-state index contributed by atoms with van der Waals surface area (Å²) in [7, 11) is 0. The van der Waals surface area contributed by atoms with E-state index in [1.165, 1.54) is 24.6 Å². The number of nitriles is 1. The topological polar surface area (TPSA) is 128 Å². The van der Waals surface area contributed by atoms with Gasteiger partial charge in [0.05, 0.1) is 15.3 Å². The number of hydrogen-bond donors (Lipinski definition) is 3. The first-order chi connectivity index (χ1) is 15.0. The third kappa shape index (κ3) is 4.18. The fourth-order valence-electron chi connectivity index (χ4n) is 3.14. The molecule has 8 nitrogen and oxygen atoms in total. The molecular weight excluding hydrogens is 436 g/mol. The number of aromatic nitrogens is 4. The number of carbonyl (C=O) groups excluding carboxylic acids is 1. The summed E-state index contributed by atoms with van der Waals surface area (Å²) in [5.74, 6) is 0.549. The lowest BCUT2D eigenvalue weighted by molar-refractivity contribution is -0.114. The van der Waals surface area contributed by atoms with Gasteiger partial charge in [-0.05, 0) is 35.4 Å². The van der Waals surface area contributed by atoms with Crippen LogP contribution in [0.1, 0.15) is 29.7 Å². The highest BCUT2D eigenvalue weighted by Gasteiger charge is 2.28. The van der Waals surface area contributed by atoms with Crippen molar-refractivity contribution in [2.75, 3.05) is 5.32 Å². The molecule has 0 aliphatic heterocycles. The van der Waals surface area contributed by atoms with Crippen LogP contribution in [-0.4, -0.2) is 31.2 Å². The van der Waals surface area contributed by atoms with Gasteiger partial charge in [-0.1, -0.05) is 23.7 Å². The first kappa shape index (κ1) is 20.7. The molecule has 1 atom stereocenters. The van der Waals surface area contributed by atoms with Crippen LogP contribution >= 0.6 is 22.9 Å². The smallest absolute Gasteiger partial charge is 0.222 e. The highest BCUT2D eigenvalue weighted by Crippen LogP contribution is 2.45. The Balaban J connectivity index is 1.91. The number of pyridine rings is 1. The molecule has 0 saturated carbocycles. The van der Waals surface area contributed by atoms with E-state index in [1.807, 2.05) is 0 Å². The molecule has 0 fully saturated rings. The number of nitrogens with one attached hydrogen (secondary N) is 2. The Morgan fingerprint density at radius 2 is 2.03 bits per heavy atom. The average Bonchev–Trinajstić information content (AvgIpc) is 3.41. The molecule has 0 radical (unpaired) electrons. The van der Waals surface area contributed by atoms with Crippen molar-refractivity contribution in [1.29, 1.82) is 5.26 Å². The molecule has 4 aromatic rings. The van der Waals surface area contributed by atoms with E-state index in [2.05, 4.69) is 31.6 Å². The number of halogens is 1. The molecule has 0 bridgehead atoms. The molecule has 0 saturated heterocycles. The van der Waals surface area contributed by atoms with Gasteiger partial charge >= 0.3 is 0 Å². The molecule has 0 aliphatic carbocycles. The van der Waals surface area contributed by atoms with E-state index in [0.29, 0.717) is 48.7 Å². The first-order valence-corrected chi connectivity index (χ1v) is 10.3. The number of aliphatic hydroxyl groups excluding tert-OH is 1. The number of benzene rings is 1. The number of thiophene rings is 1. The molecule has 1 amide bonds. The Kier molecular flexibility index (Phi) is 5.77. The summed E-state index contributed by atoms with van der Waals surface area (Å²) in [6, 6.07) is 12.4. The van der Waals surface area contributed by atoms with E-state index in [1.54, 1.807) is 42.6 Å². The predicted molar refractivity (Wildman–Crippen MR) is 117 cm³/mol. The molecule has 1 unspecified atom stereocenters. The minimum Gasteiger partial charge on any atom is -0.384 e. The van der Waals surface area contributed by atoms with Crippen molar-refractivity contribution in [1.82, 2.24) is 20.2 Å². The lowest BCUT2D eigenvalue weighted by Crippen LogP contribution is -2.07. The van der Waals surface area contributed by atoms with E-state index in [0.717, 1.165) is 0 Å². The lowest BCUT2D eigenvalue weighted by Gasteiger charge is -2.13. The van der Waals surface area contributed by atoms with Crippen molar-refractivity contribution in [3.05, 3.63) is 70.6 Å². The Morgan fingerprint density at radius 3 is 2.68 bits per heavy atom. The molecule has 10 heteroatoms. The van der Waals surface area contributed by atoms with E-state index >= 15 is 0 Å². The summed E-state index contributed by atoms with van der Waals surface area (Å²) in [6.45, 7) is 1.39. The molecule has 0 aliphatic rings. The zero-order chi connectivity index (χ0) is 22.0. The largest absolute Gasteiger partial charge is 0.384 e. The summed E-state index contributed by atoms with van der Waals surface area (Å²) in [6.07, 6.45) is 1.82.